The van der Waals surface area contributed by atoms with Crippen LogP contribution in [0.3, 0.4) is 0 Å². The summed E-state index contributed by atoms with van der Waals surface area (Å²) in [5, 5.41) is 25.8. The maximum absolute atomic E-state index is 11.9. The molecule has 0 aliphatic carbocycles. The number of thiazole rings is 1. The highest BCUT2D eigenvalue weighted by molar-refractivity contribution is 7.86. The summed E-state index contributed by atoms with van der Waals surface area (Å²) in [6, 6.07) is 14.0. The average molecular weight is 451 g/mol. The Bertz CT molecular complexity index is 1420. The van der Waals surface area contributed by atoms with Crippen LogP contribution in [0.4, 0.5) is 5.69 Å². The van der Waals surface area contributed by atoms with E-state index >= 15 is 0 Å². The Morgan fingerprint density at radius 3 is 2.77 bits per heavy atom. The molecule has 4 aromatic rings. The lowest BCUT2D eigenvalue weighted by molar-refractivity contribution is 0.483. The zero-order valence-corrected chi connectivity index (χ0v) is 17.2. The minimum Gasteiger partial charge on any atom is -0.360 e. The highest BCUT2D eigenvalue weighted by Crippen LogP contribution is 2.26. The molecule has 0 radical (unpaired) electrons. The fourth-order valence-corrected chi connectivity index (χ4v) is 4.27. The number of tetrazole rings is 1. The normalized spacial score (nSPS) is 12.3. The molecular formula is C19H13N7O3S2. The molecule has 2 aromatic carbocycles. The molecular weight excluding hydrogens is 438 g/mol. The molecule has 2 aromatic heterocycles. The number of hydrogen-bond donors (Lipinski definition) is 3. The Kier molecular flexibility index (Phi) is 5.54. The summed E-state index contributed by atoms with van der Waals surface area (Å²) in [4.78, 5) is 4.18. The smallest absolute Gasteiger partial charge is 0.295 e. The van der Waals surface area contributed by atoms with Gasteiger partial charge < -0.3 is 5.32 Å². The second-order valence-corrected chi connectivity index (χ2v) is 8.58. The maximum Gasteiger partial charge on any atom is 0.295 e. The van der Waals surface area contributed by atoms with Crippen molar-refractivity contribution in [2.24, 2.45) is 0 Å². The lowest BCUT2D eigenvalue weighted by atomic mass is 10.2. The molecule has 10 nitrogen and oxygen atoms in total. The summed E-state index contributed by atoms with van der Waals surface area (Å²) in [6.07, 6.45) is 4.57. The quantitative estimate of drug-likeness (QED) is 0.296. The van der Waals surface area contributed by atoms with Crippen LogP contribution >= 0.6 is 11.3 Å². The van der Waals surface area contributed by atoms with E-state index in [4.69, 9.17) is 0 Å². The zero-order chi connectivity index (χ0) is 21.8. The Labute approximate surface area is 180 Å². The van der Waals surface area contributed by atoms with E-state index < -0.39 is 10.1 Å². The highest BCUT2D eigenvalue weighted by Gasteiger charge is 2.15. The molecule has 4 rings (SSSR count). The van der Waals surface area contributed by atoms with Crippen LogP contribution in [0, 0.1) is 11.3 Å². The number of rotatable bonds is 6. The summed E-state index contributed by atoms with van der Waals surface area (Å²) >= 11 is 1.47. The minimum absolute atomic E-state index is 0.0837. The van der Waals surface area contributed by atoms with E-state index in [1.165, 1.54) is 29.7 Å². The fraction of sp³-hybridized carbons (Fsp3) is 0. The average Bonchev–Trinajstić information content (AvgIpc) is 3.42. The van der Waals surface area contributed by atoms with Crippen molar-refractivity contribution >= 4 is 55.1 Å². The number of allylic oxidation sites excluding steroid dienone is 1. The van der Waals surface area contributed by atoms with Gasteiger partial charge in [-0.2, -0.15) is 18.9 Å². The minimum atomic E-state index is -4.51. The largest absolute Gasteiger partial charge is 0.360 e. The van der Waals surface area contributed by atoms with Gasteiger partial charge in [0.25, 0.3) is 10.1 Å². The van der Waals surface area contributed by atoms with Crippen molar-refractivity contribution in [2.75, 3.05) is 5.32 Å². The van der Waals surface area contributed by atoms with Crippen LogP contribution in [0.2, 0.25) is 0 Å². The number of fused-ring (bicyclic) bond motifs is 1. The molecule has 0 spiro atoms. The number of benzene rings is 2. The van der Waals surface area contributed by atoms with Gasteiger partial charge >= 0.3 is 0 Å². The van der Waals surface area contributed by atoms with Crippen LogP contribution in [0.1, 0.15) is 16.4 Å². The van der Waals surface area contributed by atoms with Crippen molar-refractivity contribution in [3.8, 4) is 6.07 Å². The highest BCUT2D eigenvalue weighted by atomic mass is 32.2. The van der Waals surface area contributed by atoms with Crippen LogP contribution in [0.5, 0.6) is 0 Å². The topological polar surface area (TPSA) is 158 Å². The van der Waals surface area contributed by atoms with E-state index in [1.807, 2.05) is 30.3 Å². The van der Waals surface area contributed by atoms with Crippen molar-refractivity contribution in [2.45, 2.75) is 4.90 Å². The van der Waals surface area contributed by atoms with Crippen LogP contribution in [-0.4, -0.2) is 38.6 Å². The fourth-order valence-electron chi connectivity index (χ4n) is 2.69. The van der Waals surface area contributed by atoms with E-state index in [0.717, 1.165) is 10.2 Å². The van der Waals surface area contributed by atoms with Gasteiger partial charge in [0, 0.05) is 11.9 Å². The molecule has 12 heteroatoms. The lowest BCUT2D eigenvalue weighted by Crippen LogP contribution is -2.02. The Morgan fingerprint density at radius 2 is 2.06 bits per heavy atom. The molecule has 2 heterocycles. The van der Waals surface area contributed by atoms with Gasteiger partial charge in [0.1, 0.15) is 21.5 Å². The SMILES string of the molecule is N#CC(=CNc1ccc(C=Cc2nc3ccccc3s2)c(S(=O)(=O)O)c1)c1nn[nH]n1. The molecule has 0 atom stereocenters. The Hall–Kier alpha value is -3.92. The van der Waals surface area contributed by atoms with E-state index in [-0.39, 0.29) is 21.9 Å². The number of nitrogens with zero attached hydrogens (tertiary/aromatic N) is 5. The van der Waals surface area contributed by atoms with Crippen LogP contribution in [0.25, 0.3) is 27.9 Å². The molecule has 0 saturated heterocycles. The third-order valence-corrected chi connectivity index (χ3v) is 6.01. The van der Waals surface area contributed by atoms with Crippen LogP contribution in [0.15, 0.2) is 53.6 Å². The molecule has 0 unspecified atom stereocenters. The second kappa shape index (κ2) is 8.44. The van der Waals surface area contributed by atoms with Gasteiger partial charge in [-0.15, -0.1) is 21.5 Å². The maximum atomic E-state index is 11.9. The first-order valence-corrected chi connectivity index (χ1v) is 11.0. The van der Waals surface area contributed by atoms with E-state index in [0.29, 0.717) is 10.7 Å². The number of anilines is 1. The molecule has 31 heavy (non-hydrogen) atoms. The standard InChI is InChI=1S/C19H13N7O3S2/c20-10-13(19-23-25-26-24-19)11-21-14-7-5-12(17(9-14)31(27,28)29)6-8-18-22-15-3-1-2-4-16(15)30-18/h1-9,11,21H,(H,27,28,29)(H,23,24,25,26). The first-order chi connectivity index (χ1) is 14.9. The summed E-state index contributed by atoms with van der Waals surface area (Å²) in [5.41, 5.74) is 1.56. The Balaban J connectivity index is 1.64. The van der Waals surface area contributed by atoms with Crippen molar-refractivity contribution in [3.05, 3.63) is 65.1 Å². The second-order valence-electron chi connectivity index (χ2n) is 6.13. The number of hydrogen-bond acceptors (Lipinski definition) is 9. The molecule has 0 aliphatic heterocycles. The summed E-state index contributed by atoms with van der Waals surface area (Å²) in [7, 11) is -4.51. The Morgan fingerprint density at radius 1 is 1.23 bits per heavy atom. The molecule has 3 N–H and O–H groups in total. The van der Waals surface area contributed by atoms with E-state index in [9.17, 15) is 18.2 Å². The monoisotopic (exact) mass is 451 g/mol. The predicted octanol–water partition coefficient (Wildman–Crippen LogP) is 3.20. The summed E-state index contributed by atoms with van der Waals surface area (Å²) in [6.45, 7) is 0. The predicted molar refractivity (Wildman–Crippen MR) is 116 cm³/mol. The molecule has 0 amide bonds. The molecule has 154 valence electrons. The van der Waals surface area contributed by atoms with Crippen molar-refractivity contribution < 1.29 is 13.0 Å². The third kappa shape index (κ3) is 4.64. The van der Waals surface area contributed by atoms with Crippen molar-refractivity contribution in [1.82, 2.24) is 25.6 Å². The number of nitrogens with one attached hydrogen (secondary N) is 2. The lowest BCUT2D eigenvalue weighted by Gasteiger charge is -2.07. The molecule has 0 fully saturated rings. The summed E-state index contributed by atoms with van der Waals surface area (Å²) < 4.78 is 34.5. The van der Waals surface area contributed by atoms with Gasteiger partial charge in [-0.25, -0.2) is 4.98 Å². The van der Waals surface area contributed by atoms with Gasteiger partial charge in [0.15, 0.2) is 0 Å². The van der Waals surface area contributed by atoms with E-state index in [1.54, 1.807) is 18.2 Å². The van der Waals surface area contributed by atoms with Gasteiger partial charge in [0.05, 0.1) is 10.2 Å². The number of aromatic nitrogens is 5. The van der Waals surface area contributed by atoms with Gasteiger partial charge in [-0.05, 0) is 41.1 Å². The molecule has 0 bridgehead atoms. The van der Waals surface area contributed by atoms with Gasteiger partial charge in [-0.1, -0.05) is 24.3 Å². The van der Waals surface area contributed by atoms with Crippen LogP contribution in [-0.2, 0) is 10.1 Å². The van der Waals surface area contributed by atoms with Gasteiger partial charge in [0.2, 0.25) is 5.82 Å². The first-order valence-electron chi connectivity index (χ1n) is 8.70. The number of para-hydroxylation sites is 1. The number of aromatic amines is 1. The zero-order valence-electron chi connectivity index (χ0n) is 15.6. The molecule has 0 saturated carbocycles. The molecule has 0 aliphatic rings. The van der Waals surface area contributed by atoms with Crippen LogP contribution < -0.4 is 5.32 Å². The first kappa shape index (κ1) is 20.4. The van der Waals surface area contributed by atoms with Crippen molar-refractivity contribution in [1.29, 1.82) is 5.26 Å². The number of nitriles is 1. The van der Waals surface area contributed by atoms with Crippen molar-refractivity contribution in [3.63, 3.8) is 0 Å². The van der Waals surface area contributed by atoms with Gasteiger partial charge in [-0.3, -0.25) is 4.55 Å². The van der Waals surface area contributed by atoms with E-state index in [2.05, 4.69) is 30.9 Å². The number of H-pyrrole nitrogens is 1. The third-order valence-electron chi connectivity index (χ3n) is 4.10. The summed E-state index contributed by atoms with van der Waals surface area (Å²) in [5.74, 6) is 0.0837.